The van der Waals surface area contributed by atoms with Crippen LogP contribution in [-0.2, 0) is 16.6 Å². The number of carboxylic acids is 1. The van der Waals surface area contributed by atoms with Gasteiger partial charge in [-0.2, -0.15) is 0 Å². The molecule has 0 saturated carbocycles. The van der Waals surface area contributed by atoms with E-state index in [1.165, 1.54) is 11.1 Å². The summed E-state index contributed by atoms with van der Waals surface area (Å²) in [4.78, 5) is 11.1. The van der Waals surface area contributed by atoms with Gasteiger partial charge in [0.05, 0.1) is 5.41 Å². The third-order valence-electron chi connectivity index (χ3n) is 4.40. The largest absolute Gasteiger partial charge is 0.481 e. The second-order valence-electron chi connectivity index (χ2n) is 8.40. The minimum Gasteiger partial charge on any atom is -0.481 e. The van der Waals surface area contributed by atoms with Gasteiger partial charge in [-0.1, -0.05) is 52.0 Å². The highest BCUT2D eigenvalue weighted by molar-refractivity contribution is 5.73. The van der Waals surface area contributed by atoms with Gasteiger partial charge in [-0.05, 0) is 62.2 Å². The number of nitrogens with one attached hydrogen (secondary N) is 1. The molecule has 0 bridgehead atoms. The second kappa shape index (κ2) is 7.96. The van der Waals surface area contributed by atoms with Crippen molar-refractivity contribution in [3.63, 3.8) is 0 Å². The summed E-state index contributed by atoms with van der Waals surface area (Å²) in [6.07, 6.45) is 1.69. The van der Waals surface area contributed by atoms with E-state index in [1.807, 2.05) is 0 Å². The zero-order valence-electron chi connectivity index (χ0n) is 15.6. The maximum absolute atomic E-state index is 11.1. The molecule has 0 saturated heterocycles. The van der Waals surface area contributed by atoms with E-state index in [9.17, 15) is 4.79 Å². The molecule has 1 aromatic carbocycles. The van der Waals surface area contributed by atoms with Crippen LogP contribution in [0.5, 0.6) is 0 Å². The predicted molar refractivity (Wildman–Crippen MR) is 96.9 cm³/mol. The molecule has 0 aliphatic rings. The van der Waals surface area contributed by atoms with Crippen LogP contribution < -0.4 is 5.32 Å². The van der Waals surface area contributed by atoms with Crippen LogP contribution in [0.4, 0.5) is 0 Å². The third kappa shape index (κ3) is 6.74. The van der Waals surface area contributed by atoms with Gasteiger partial charge >= 0.3 is 5.97 Å². The van der Waals surface area contributed by atoms with Gasteiger partial charge in [-0.3, -0.25) is 4.79 Å². The fraction of sp³-hybridized carbons (Fsp3) is 0.650. The topological polar surface area (TPSA) is 49.3 Å². The Labute approximate surface area is 141 Å². The van der Waals surface area contributed by atoms with Crippen molar-refractivity contribution in [1.29, 1.82) is 0 Å². The van der Waals surface area contributed by atoms with Gasteiger partial charge in [0, 0.05) is 0 Å². The van der Waals surface area contributed by atoms with E-state index >= 15 is 0 Å². The minimum absolute atomic E-state index is 0.197. The maximum atomic E-state index is 11.1. The zero-order valence-corrected chi connectivity index (χ0v) is 15.6. The molecule has 3 nitrogen and oxygen atoms in total. The first-order chi connectivity index (χ1) is 10.5. The van der Waals surface area contributed by atoms with Crippen LogP contribution in [0.2, 0.25) is 0 Å². The van der Waals surface area contributed by atoms with Gasteiger partial charge < -0.3 is 10.4 Å². The summed E-state index contributed by atoms with van der Waals surface area (Å²) in [6, 6.07) is 8.91. The van der Waals surface area contributed by atoms with Crippen LogP contribution in [0, 0.1) is 11.3 Å². The van der Waals surface area contributed by atoms with Crippen LogP contribution in [0.15, 0.2) is 24.3 Å². The molecule has 0 fully saturated rings. The van der Waals surface area contributed by atoms with E-state index in [4.69, 9.17) is 5.11 Å². The average molecular weight is 319 g/mol. The molecular formula is C20H33NO2. The van der Waals surface area contributed by atoms with Crippen molar-refractivity contribution >= 4 is 5.97 Å². The Morgan fingerprint density at radius 2 is 1.70 bits per heavy atom. The van der Waals surface area contributed by atoms with Gasteiger partial charge in [0.15, 0.2) is 0 Å². The summed E-state index contributed by atoms with van der Waals surface area (Å²) in [5.74, 6) is -0.199. The first-order valence-electron chi connectivity index (χ1n) is 8.56. The molecule has 0 aromatic heterocycles. The first kappa shape index (κ1) is 19.7. The number of hydrogen-bond donors (Lipinski definition) is 2. The molecule has 1 unspecified atom stereocenters. The Kier molecular flexibility index (Phi) is 6.82. The summed E-state index contributed by atoms with van der Waals surface area (Å²) < 4.78 is 0. The van der Waals surface area contributed by atoms with E-state index in [0.29, 0.717) is 12.3 Å². The number of hydrogen-bond acceptors (Lipinski definition) is 2. The van der Waals surface area contributed by atoms with Gasteiger partial charge in [-0.15, -0.1) is 0 Å². The molecule has 0 radical (unpaired) electrons. The lowest BCUT2D eigenvalue weighted by atomic mass is 9.86. The Bertz CT molecular complexity index is 497. The van der Waals surface area contributed by atoms with Crippen molar-refractivity contribution in [1.82, 2.24) is 5.32 Å². The smallest absolute Gasteiger partial charge is 0.309 e. The first-order valence-corrected chi connectivity index (χ1v) is 8.56. The highest BCUT2D eigenvalue weighted by Crippen LogP contribution is 2.23. The van der Waals surface area contributed by atoms with Crippen molar-refractivity contribution in [2.24, 2.45) is 11.3 Å². The van der Waals surface area contributed by atoms with E-state index in [-0.39, 0.29) is 5.41 Å². The third-order valence-corrected chi connectivity index (χ3v) is 4.40. The normalized spacial score (nSPS) is 13.8. The lowest BCUT2D eigenvalue weighted by Crippen LogP contribution is -2.31. The summed E-state index contributed by atoms with van der Waals surface area (Å²) in [5, 5.41) is 12.5. The fourth-order valence-electron chi connectivity index (χ4n) is 2.47. The molecule has 0 aliphatic heterocycles. The SMILES string of the molecule is CC(CNCCC(C)(C)C(=O)O)Cc1ccc(C(C)(C)C)cc1. The minimum atomic E-state index is -0.730. The van der Waals surface area contributed by atoms with Crippen molar-refractivity contribution < 1.29 is 9.90 Å². The number of benzene rings is 1. The Hall–Kier alpha value is -1.35. The summed E-state index contributed by atoms with van der Waals surface area (Å²) in [6.45, 7) is 14.1. The van der Waals surface area contributed by atoms with Crippen LogP contribution >= 0.6 is 0 Å². The number of carboxylic acid groups (broad SMARTS) is 1. The number of aliphatic carboxylic acids is 1. The van der Waals surface area contributed by atoms with Crippen LogP contribution in [0.3, 0.4) is 0 Å². The van der Waals surface area contributed by atoms with Crippen LogP contribution in [0.25, 0.3) is 0 Å². The molecule has 0 spiro atoms. The van der Waals surface area contributed by atoms with Gasteiger partial charge in [0.25, 0.3) is 0 Å². The number of rotatable bonds is 8. The standard InChI is InChI=1S/C20H33NO2/c1-15(14-21-12-11-20(5,6)18(22)23)13-16-7-9-17(10-8-16)19(2,3)4/h7-10,15,21H,11-14H2,1-6H3,(H,22,23). The lowest BCUT2D eigenvalue weighted by molar-refractivity contribution is -0.147. The maximum Gasteiger partial charge on any atom is 0.309 e. The molecule has 2 N–H and O–H groups in total. The Morgan fingerprint density at radius 3 is 2.17 bits per heavy atom. The molecular weight excluding hydrogens is 286 g/mol. The van der Waals surface area contributed by atoms with Gasteiger partial charge in [-0.25, -0.2) is 0 Å². The van der Waals surface area contributed by atoms with Crippen molar-refractivity contribution in [3.05, 3.63) is 35.4 Å². The monoisotopic (exact) mass is 319 g/mol. The molecule has 0 amide bonds. The van der Waals surface area contributed by atoms with Gasteiger partial charge in [0.2, 0.25) is 0 Å². The van der Waals surface area contributed by atoms with Crippen molar-refractivity contribution in [2.75, 3.05) is 13.1 Å². The van der Waals surface area contributed by atoms with Gasteiger partial charge in [0.1, 0.15) is 0 Å². The Balaban J connectivity index is 2.37. The van der Waals surface area contributed by atoms with Crippen LogP contribution in [-0.4, -0.2) is 24.2 Å². The molecule has 1 rings (SSSR count). The fourth-order valence-corrected chi connectivity index (χ4v) is 2.47. The average Bonchev–Trinajstić information content (AvgIpc) is 2.43. The summed E-state index contributed by atoms with van der Waals surface area (Å²) in [7, 11) is 0. The summed E-state index contributed by atoms with van der Waals surface area (Å²) >= 11 is 0. The highest BCUT2D eigenvalue weighted by atomic mass is 16.4. The second-order valence-corrected chi connectivity index (χ2v) is 8.40. The Morgan fingerprint density at radius 1 is 1.13 bits per heavy atom. The predicted octanol–water partition coefficient (Wildman–Crippen LogP) is 4.25. The zero-order chi connectivity index (χ0) is 17.7. The molecule has 3 heteroatoms. The van der Waals surface area contributed by atoms with Crippen LogP contribution in [0.1, 0.15) is 59.1 Å². The molecule has 0 aliphatic carbocycles. The summed E-state index contributed by atoms with van der Waals surface area (Å²) in [5.41, 5.74) is 2.27. The molecule has 130 valence electrons. The van der Waals surface area contributed by atoms with E-state index in [1.54, 1.807) is 13.8 Å². The van der Waals surface area contributed by atoms with E-state index in [2.05, 4.69) is 57.3 Å². The molecule has 0 heterocycles. The van der Waals surface area contributed by atoms with E-state index < -0.39 is 11.4 Å². The van der Waals surface area contributed by atoms with E-state index in [0.717, 1.165) is 19.5 Å². The van der Waals surface area contributed by atoms with Crippen molar-refractivity contribution in [3.8, 4) is 0 Å². The quantitative estimate of drug-likeness (QED) is 0.704. The number of carbonyl (C=O) groups is 1. The molecule has 1 aromatic rings. The van der Waals surface area contributed by atoms with Crippen molar-refractivity contribution in [2.45, 2.75) is 59.8 Å². The molecule has 23 heavy (non-hydrogen) atoms. The molecule has 1 atom stereocenters. The lowest BCUT2D eigenvalue weighted by Gasteiger charge is -2.21. The highest BCUT2D eigenvalue weighted by Gasteiger charge is 2.26.